The minimum Gasteiger partial charge on any atom is -0.508 e. The molecule has 3 nitrogen and oxygen atoms in total. The van der Waals surface area contributed by atoms with Crippen LogP contribution in [0.15, 0.2) is 18.2 Å². The van der Waals surface area contributed by atoms with Crippen molar-refractivity contribution in [1.82, 2.24) is 5.43 Å². The molecule has 4 heteroatoms. The summed E-state index contributed by atoms with van der Waals surface area (Å²) in [6, 6.07) is 4.90. The van der Waals surface area contributed by atoms with Gasteiger partial charge in [-0.05, 0) is 12.1 Å². The van der Waals surface area contributed by atoms with Gasteiger partial charge in [0.15, 0.2) is 0 Å². The molecule has 0 atom stereocenters. The predicted molar refractivity (Wildman–Crippen MR) is 44.1 cm³/mol. The Morgan fingerprint density at radius 3 is 2.82 bits per heavy atom. The highest BCUT2D eigenvalue weighted by Crippen LogP contribution is 2.21. The number of rotatable bonds is 2. The Hall–Kier alpha value is -0.770. The van der Waals surface area contributed by atoms with Crippen molar-refractivity contribution < 1.29 is 5.11 Å². The number of halogens is 1. The molecule has 0 bridgehead atoms. The van der Waals surface area contributed by atoms with Gasteiger partial charge in [-0.25, -0.2) is 0 Å². The van der Waals surface area contributed by atoms with E-state index < -0.39 is 0 Å². The zero-order valence-electron chi connectivity index (χ0n) is 5.84. The van der Waals surface area contributed by atoms with Gasteiger partial charge in [0.2, 0.25) is 0 Å². The van der Waals surface area contributed by atoms with Crippen LogP contribution in [0, 0.1) is 0 Å². The lowest BCUT2D eigenvalue weighted by Gasteiger charge is -2.02. The minimum atomic E-state index is 0.162. The fourth-order valence-electron chi connectivity index (χ4n) is 0.796. The zero-order chi connectivity index (χ0) is 8.27. The number of hydrogen-bond acceptors (Lipinski definition) is 3. The molecule has 4 N–H and O–H groups in total. The van der Waals surface area contributed by atoms with Crippen molar-refractivity contribution >= 4 is 11.6 Å². The third-order valence-electron chi connectivity index (χ3n) is 1.34. The number of hydrogen-bond donors (Lipinski definition) is 3. The summed E-state index contributed by atoms with van der Waals surface area (Å²) in [7, 11) is 0. The molecular formula is C7H9ClN2O. The average Bonchev–Trinajstić information content (AvgIpc) is 1.95. The van der Waals surface area contributed by atoms with E-state index >= 15 is 0 Å². The quantitative estimate of drug-likeness (QED) is 0.461. The molecule has 0 fully saturated rings. The van der Waals surface area contributed by atoms with E-state index in [-0.39, 0.29) is 5.75 Å². The number of phenols is 1. The van der Waals surface area contributed by atoms with E-state index in [4.69, 9.17) is 17.4 Å². The summed E-state index contributed by atoms with van der Waals surface area (Å²) in [6.07, 6.45) is 0. The molecule has 1 aromatic carbocycles. The summed E-state index contributed by atoms with van der Waals surface area (Å²) in [5, 5.41) is 9.76. The number of phenolic OH excluding ortho intramolecular Hbond substituents is 1. The van der Waals surface area contributed by atoms with Crippen LogP contribution in [0.5, 0.6) is 5.75 Å². The van der Waals surface area contributed by atoms with Gasteiger partial charge in [-0.2, -0.15) is 0 Å². The highest BCUT2D eigenvalue weighted by atomic mass is 35.5. The van der Waals surface area contributed by atoms with Crippen molar-refractivity contribution in [1.29, 1.82) is 0 Å². The topological polar surface area (TPSA) is 58.3 Å². The third-order valence-corrected chi connectivity index (χ3v) is 1.57. The molecular weight excluding hydrogens is 164 g/mol. The van der Waals surface area contributed by atoms with Crippen LogP contribution in [0.25, 0.3) is 0 Å². The van der Waals surface area contributed by atoms with Crippen LogP contribution in [0.2, 0.25) is 5.02 Å². The van der Waals surface area contributed by atoms with Gasteiger partial charge >= 0.3 is 0 Å². The summed E-state index contributed by atoms with van der Waals surface area (Å²) in [6.45, 7) is 0.434. The Morgan fingerprint density at radius 1 is 1.55 bits per heavy atom. The van der Waals surface area contributed by atoms with Gasteiger partial charge in [-0.3, -0.25) is 11.3 Å². The number of hydrazine groups is 1. The summed E-state index contributed by atoms with van der Waals surface area (Å²) in [4.78, 5) is 0. The molecule has 0 amide bonds. The summed E-state index contributed by atoms with van der Waals surface area (Å²) in [5.74, 6) is 5.24. The molecule has 60 valence electrons. The molecule has 0 heterocycles. The maximum Gasteiger partial charge on any atom is 0.121 e. The smallest absolute Gasteiger partial charge is 0.121 e. The first kappa shape index (κ1) is 8.33. The van der Waals surface area contributed by atoms with E-state index in [1.807, 2.05) is 0 Å². The summed E-state index contributed by atoms with van der Waals surface area (Å²) in [5.41, 5.74) is 3.17. The monoisotopic (exact) mass is 172 g/mol. The first-order valence-corrected chi connectivity index (χ1v) is 3.52. The standard InChI is InChI=1S/C7H9ClN2O/c8-6-2-1-5(4-10-9)7(11)3-6/h1-3,10-11H,4,9H2. The third kappa shape index (κ3) is 2.08. The molecule has 0 unspecified atom stereocenters. The van der Waals surface area contributed by atoms with Crippen molar-refractivity contribution in [2.45, 2.75) is 6.54 Å². The van der Waals surface area contributed by atoms with Crippen LogP contribution in [0.1, 0.15) is 5.56 Å². The van der Waals surface area contributed by atoms with Crippen LogP contribution in [0.4, 0.5) is 0 Å². The van der Waals surface area contributed by atoms with Gasteiger partial charge in [0, 0.05) is 17.1 Å². The fourth-order valence-corrected chi connectivity index (χ4v) is 0.963. The molecule has 0 aliphatic heterocycles. The molecule has 0 spiro atoms. The molecule has 1 rings (SSSR count). The second kappa shape index (κ2) is 3.57. The number of benzene rings is 1. The SMILES string of the molecule is NNCc1ccc(Cl)cc1O. The molecule has 0 aliphatic carbocycles. The number of nitrogens with one attached hydrogen (secondary N) is 1. The van der Waals surface area contributed by atoms with Crippen molar-refractivity contribution in [3.05, 3.63) is 28.8 Å². The predicted octanol–water partition coefficient (Wildman–Crippen LogP) is 1.01. The van der Waals surface area contributed by atoms with Crippen molar-refractivity contribution in [3.63, 3.8) is 0 Å². The lowest BCUT2D eigenvalue weighted by molar-refractivity contribution is 0.465. The molecule has 11 heavy (non-hydrogen) atoms. The van der Waals surface area contributed by atoms with Crippen molar-refractivity contribution in [2.24, 2.45) is 5.84 Å². The molecule has 0 saturated heterocycles. The highest BCUT2D eigenvalue weighted by Gasteiger charge is 1.99. The zero-order valence-corrected chi connectivity index (χ0v) is 6.60. The minimum absolute atomic E-state index is 0.162. The average molecular weight is 173 g/mol. The van der Waals surface area contributed by atoms with Gasteiger partial charge in [0.1, 0.15) is 5.75 Å². The Balaban J connectivity index is 2.90. The van der Waals surface area contributed by atoms with E-state index in [0.717, 1.165) is 5.56 Å². The van der Waals surface area contributed by atoms with Crippen LogP contribution in [-0.2, 0) is 6.54 Å². The van der Waals surface area contributed by atoms with Crippen molar-refractivity contribution in [2.75, 3.05) is 0 Å². The molecule has 0 radical (unpaired) electrons. The normalized spacial score (nSPS) is 10.0. The Morgan fingerprint density at radius 2 is 2.27 bits per heavy atom. The first-order chi connectivity index (χ1) is 5.24. The summed E-state index contributed by atoms with van der Waals surface area (Å²) >= 11 is 5.61. The summed E-state index contributed by atoms with van der Waals surface area (Å²) < 4.78 is 0. The van der Waals surface area contributed by atoms with E-state index in [1.54, 1.807) is 12.1 Å². The lowest BCUT2D eigenvalue weighted by atomic mass is 10.2. The maximum atomic E-state index is 9.24. The maximum absolute atomic E-state index is 9.24. The van der Waals surface area contributed by atoms with Crippen LogP contribution >= 0.6 is 11.6 Å². The van der Waals surface area contributed by atoms with Crippen LogP contribution in [0.3, 0.4) is 0 Å². The van der Waals surface area contributed by atoms with E-state index in [9.17, 15) is 5.11 Å². The fraction of sp³-hybridized carbons (Fsp3) is 0.143. The van der Waals surface area contributed by atoms with Crippen LogP contribution < -0.4 is 11.3 Å². The Bertz CT molecular complexity index is 252. The van der Waals surface area contributed by atoms with Gasteiger partial charge in [-0.1, -0.05) is 17.7 Å². The van der Waals surface area contributed by atoms with E-state index in [2.05, 4.69) is 5.43 Å². The number of nitrogens with two attached hydrogens (primary N) is 1. The second-order valence-electron chi connectivity index (χ2n) is 2.15. The second-order valence-corrected chi connectivity index (χ2v) is 2.59. The van der Waals surface area contributed by atoms with Gasteiger partial charge < -0.3 is 5.11 Å². The molecule has 0 aliphatic rings. The first-order valence-electron chi connectivity index (χ1n) is 3.15. The largest absolute Gasteiger partial charge is 0.508 e. The van der Waals surface area contributed by atoms with Crippen LogP contribution in [-0.4, -0.2) is 5.11 Å². The Labute approximate surface area is 69.8 Å². The molecule has 0 saturated carbocycles. The molecule has 0 aromatic heterocycles. The van der Waals surface area contributed by atoms with Gasteiger partial charge in [0.05, 0.1) is 0 Å². The Kier molecular flexibility index (Phi) is 2.70. The van der Waals surface area contributed by atoms with Crippen molar-refractivity contribution in [3.8, 4) is 5.75 Å². The van der Waals surface area contributed by atoms with E-state index in [0.29, 0.717) is 11.6 Å². The van der Waals surface area contributed by atoms with E-state index in [1.165, 1.54) is 6.07 Å². The number of aromatic hydroxyl groups is 1. The van der Waals surface area contributed by atoms with Gasteiger partial charge in [0.25, 0.3) is 0 Å². The highest BCUT2D eigenvalue weighted by molar-refractivity contribution is 6.30. The molecule has 1 aromatic rings. The van der Waals surface area contributed by atoms with Gasteiger partial charge in [-0.15, -0.1) is 0 Å². The lowest BCUT2D eigenvalue weighted by Crippen LogP contribution is -2.20.